The number of methoxy groups -OCH3 is 2. The Hall–Kier alpha value is -2.25. The smallest absolute Gasteiger partial charge is 0.247 e. The molecule has 1 heterocycles. The van der Waals surface area contributed by atoms with Crippen LogP contribution in [0, 0.1) is 13.8 Å². The standard InChI is InChI=1S/C20H26N2O4S/c1-15-5-6-17(13-16(15)2)21-9-11-22(12-10-21)27(23,24)20-14-18(25-3)7-8-19(20)26-4/h5-8,13-14H,9-12H2,1-4H3. The number of hydrogen-bond donors (Lipinski definition) is 0. The van der Waals surface area contributed by atoms with Gasteiger partial charge < -0.3 is 14.4 Å². The predicted molar refractivity (Wildman–Crippen MR) is 106 cm³/mol. The van der Waals surface area contributed by atoms with Crippen LogP contribution in [0.1, 0.15) is 11.1 Å². The van der Waals surface area contributed by atoms with E-state index in [0.717, 1.165) is 5.69 Å². The fraction of sp³-hybridized carbons (Fsp3) is 0.400. The zero-order chi connectivity index (χ0) is 19.6. The van der Waals surface area contributed by atoms with Gasteiger partial charge in [0.1, 0.15) is 16.4 Å². The van der Waals surface area contributed by atoms with Crippen LogP contribution in [0.2, 0.25) is 0 Å². The van der Waals surface area contributed by atoms with Gasteiger partial charge in [0, 0.05) is 37.9 Å². The fourth-order valence-electron chi connectivity index (χ4n) is 3.23. The molecule has 0 aromatic heterocycles. The Bertz CT molecular complexity index is 920. The molecule has 27 heavy (non-hydrogen) atoms. The average molecular weight is 391 g/mol. The molecule has 1 aliphatic heterocycles. The predicted octanol–water partition coefficient (Wildman–Crippen LogP) is 2.83. The molecule has 3 rings (SSSR count). The van der Waals surface area contributed by atoms with E-state index < -0.39 is 10.0 Å². The molecule has 0 amide bonds. The van der Waals surface area contributed by atoms with Crippen LogP contribution in [0.5, 0.6) is 11.5 Å². The maximum Gasteiger partial charge on any atom is 0.247 e. The van der Waals surface area contributed by atoms with Gasteiger partial charge in [0.05, 0.1) is 14.2 Å². The van der Waals surface area contributed by atoms with Gasteiger partial charge in [0.25, 0.3) is 0 Å². The van der Waals surface area contributed by atoms with Gasteiger partial charge in [-0.15, -0.1) is 0 Å². The third-order valence-electron chi connectivity index (χ3n) is 5.08. The van der Waals surface area contributed by atoms with E-state index in [4.69, 9.17) is 9.47 Å². The lowest BCUT2D eigenvalue weighted by Gasteiger charge is -2.35. The zero-order valence-electron chi connectivity index (χ0n) is 16.2. The van der Waals surface area contributed by atoms with Crippen LogP contribution < -0.4 is 14.4 Å². The summed E-state index contributed by atoms with van der Waals surface area (Å²) in [5.41, 5.74) is 3.63. The summed E-state index contributed by atoms with van der Waals surface area (Å²) in [6.07, 6.45) is 0. The Kier molecular flexibility index (Phi) is 5.62. The normalized spacial score (nSPS) is 15.6. The summed E-state index contributed by atoms with van der Waals surface area (Å²) in [4.78, 5) is 2.37. The minimum Gasteiger partial charge on any atom is -0.497 e. The van der Waals surface area contributed by atoms with E-state index >= 15 is 0 Å². The second-order valence-electron chi connectivity index (χ2n) is 6.68. The van der Waals surface area contributed by atoms with Gasteiger partial charge in [-0.1, -0.05) is 6.07 Å². The summed E-state index contributed by atoms with van der Waals surface area (Å²) >= 11 is 0. The summed E-state index contributed by atoms with van der Waals surface area (Å²) in [5, 5.41) is 0. The highest BCUT2D eigenvalue weighted by Gasteiger charge is 2.31. The van der Waals surface area contributed by atoms with E-state index in [2.05, 4.69) is 36.9 Å². The van der Waals surface area contributed by atoms with E-state index in [1.807, 2.05) is 0 Å². The zero-order valence-corrected chi connectivity index (χ0v) is 17.0. The van der Waals surface area contributed by atoms with Crippen LogP contribution in [-0.4, -0.2) is 53.1 Å². The molecule has 0 bridgehead atoms. The molecule has 0 atom stereocenters. The molecule has 0 unspecified atom stereocenters. The van der Waals surface area contributed by atoms with Gasteiger partial charge in [-0.3, -0.25) is 0 Å². The quantitative estimate of drug-likeness (QED) is 0.786. The third kappa shape index (κ3) is 3.89. The molecule has 6 nitrogen and oxygen atoms in total. The first-order chi connectivity index (χ1) is 12.9. The maximum absolute atomic E-state index is 13.1. The van der Waals surface area contributed by atoms with Crippen LogP contribution in [0.15, 0.2) is 41.3 Å². The van der Waals surface area contributed by atoms with E-state index in [1.165, 1.54) is 35.7 Å². The van der Waals surface area contributed by atoms with Crippen LogP contribution in [0.4, 0.5) is 5.69 Å². The summed E-state index contributed by atoms with van der Waals surface area (Å²) in [5.74, 6) is 0.815. The van der Waals surface area contributed by atoms with Crippen molar-refractivity contribution in [3.05, 3.63) is 47.5 Å². The number of anilines is 1. The largest absolute Gasteiger partial charge is 0.497 e. The van der Waals surface area contributed by atoms with Crippen molar-refractivity contribution in [2.75, 3.05) is 45.3 Å². The summed E-state index contributed by atoms with van der Waals surface area (Å²) in [7, 11) is -0.671. The Morgan fingerprint density at radius 3 is 2.15 bits per heavy atom. The van der Waals surface area contributed by atoms with E-state index in [1.54, 1.807) is 12.1 Å². The minimum atomic E-state index is -3.66. The monoisotopic (exact) mass is 390 g/mol. The van der Waals surface area contributed by atoms with Crippen molar-refractivity contribution in [1.82, 2.24) is 4.31 Å². The van der Waals surface area contributed by atoms with Gasteiger partial charge in [-0.05, 0) is 49.2 Å². The molecule has 1 aliphatic rings. The van der Waals surface area contributed by atoms with Gasteiger partial charge >= 0.3 is 0 Å². The molecule has 2 aromatic rings. The number of nitrogens with zero attached hydrogens (tertiary/aromatic N) is 2. The molecular formula is C20H26N2O4S. The molecular weight excluding hydrogens is 364 g/mol. The van der Waals surface area contributed by atoms with Crippen molar-refractivity contribution in [3.63, 3.8) is 0 Å². The molecule has 146 valence electrons. The van der Waals surface area contributed by atoms with E-state index in [9.17, 15) is 8.42 Å². The van der Waals surface area contributed by atoms with Crippen LogP contribution in [0.3, 0.4) is 0 Å². The highest BCUT2D eigenvalue weighted by Crippen LogP contribution is 2.31. The molecule has 1 fully saturated rings. The van der Waals surface area contributed by atoms with Crippen molar-refractivity contribution < 1.29 is 17.9 Å². The van der Waals surface area contributed by atoms with Crippen molar-refractivity contribution in [1.29, 1.82) is 0 Å². The number of piperazine rings is 1. The highest BCUT2D eigenvalue weighted by molar-refractivity contribution is 7.89. The second-order valence-corrected chi connectivity index (χ2v) is 8.58. The van der Waals surface area contributed by atoms with Crippen LogP contribution in [0.25, 0.3) is 0 Å². The first-order valence-corrected chi connectivity index (χ1v) is 10.3. The molecule has 0 spiro atoms. The van der Waals surface area contributed by atoms with Gasteiger partial charge in [0.2, 0.25) is 10.0 Å². The summed E-state index contributed by atoms with van der Waals surface area (Å²) < 4.78 is 38.3. The molecule has 0 aliphatic carbocycles. The molecule has 0 radical (unpaired) electrons. The number of hydrogen-bond acceptors (Lipinski definition) is 5. The number of sulfonamides is 1. The summed E-state index contributed by atoms with van der Waals surface area (Å²) in [6.45, 7) is 6.33. The minimum absolute atomic E-state index is 0.143. The summed E-state index contributed by atoms with van der Waals surface area (Å²) in [6, 6.07) is 11.2. The number of rotatable bonds is 5. The lowest BCUT2D eigenvalue weighted by atomic mass is 10.1. The van der Waals surface area contributed by atoms with Crippen molar-refractivity contribution in [2.45, 2.75) is 18.7 Å². The Labute approximate surface area is 161 Å². The molecule has 7 heteroatoms. The van der Waals surface area contributed by atoms with Crippen molar-refractivity contribution in [3.8, 4) is 11.5 Å². The molecule has 1 saturated heterocycles. The Balaban J connectivity index is 1.79. The topological polar surface area (TPSA) is 59.1 Å². The Morgan fingerprint density at radius 1 is 0.852 bits per heavy atom. The first kappa shape index (κ1) is 19.5. The van der Waals surface area contributed by atoms with Gasteiger partial charge in [-0.2, -0.15) is 4.31 Å². The lowest BCUT2D eigenvalue weighted by Crippen LogP contribution is -2.48. The van der Waals surface area contributed by atoms with Gasteiger partial charge in [-0.25, -0.2) is 8.42 Å². The van der Waals surface area contributed by atoms with Crippen LogP contribution in [-0.2, 0) is 10.0 Å². The second kappa shape index (κ2) is 7.78. The van der Waals surface area contributed by atoms with Gasteiger partial charge in [0.15, 0.2) is 0 Å². The molecule has 2 aromatic carbocycles. The van der Waals surface area contributed by atoms with Crippen molar-refractivity contribution >= 4 is 15.7 Å². The fourth-order valence-corrected chi connectivity index (χ4v) is 4.83. The third-order valence-corrected chi connectivity index (χ3v) is 7.00. The van der Waals surface area contributed by atoms with Crippen molar-refractivity contribution in [2.24, 2.45) is 0 Å². The first-order valence-electron chi connectivity index (χ1n) is 8.91. The number of benzene rings is 2. The molecule has 0 saturated carbocycles. The van der Waals surface area contributed by atoms with E-state index in [-0.39, 0.29) is 4.90 Å². The SMILES string of the molecule is COc1ccc(OC)c(S(=O)(=O)N2CCN(c3ccc(C)c(C)c3)CC2)c1. The maximum atomic E-state index is 13.1. The van der Waals surface area contributed by atoms with Crippen LogP contribution >= 0.6 is 0 Å². The average Bonchev–Trinajstić information content (AvgIpc) is 2.69. The molecule has 0 N–H and O–H groups in total. The number of ether oxygens (including phenoxy) is 2. The lowest BCUT2D eigenvalue weighted by molar-refractivity contribution is 0.371. The Morgan fingerprint density at radius 2 is 1.56 bits per heavy atom. The highest BCUT2D eigenvalue weighted by atomic mass is 32.2. The number of aryl methyl sites for hydroxylation is 2. The van der Waals surface area contributed by atoms with E-state index in [0.29, 0.717) is 37.7 Å².